The van der Waals surface area contributed by atoms with Crippen molar-refractivity contribution in [2.24, 2.45) is 5.73 Å². The van der Waals surface area contributed by atoms with Crippen LogP contribution in [0.3, 0.4) is 0 Å². The lowest BCUT2D eigenvalue weighted by Gasteiger charge is -2.09. The second kappa shape index (κ2) is 4.30. The summed E-state index contributed by atoms with van der Waals surface area (Å²) in [5.74, 6) is -0.277. The second-order valence-electron chi connectivity index (χ2n) is 2.66. The molecule has 0 fully saturated rings. The van der Waals surface area contributed by atoms with E-state index in [4.69, 9.17) is 10.8 Å². The largest absolute Gasteiger partial charge is 0.506 e. The number of rotatable bonds is 3. The van der Waals surface area contributed by atoms with Gasteiger partial charge in [-0.05, 0) is 6.07 Å². The normalized spacial score (nSPS) is 10.9. The Kier molecular flexibility index (Phi) is 3.32. The molecule has 0 aliphatic carbocycles. The van der Waals surface area contributed by atoms with Gasteiger partial charge < -0.3 is 15.9 Å². The van der Waals surface area contributed by atoms with Crippen molar-refractivity contribution in [2.75, 3.05) is 0 Å². The molecule has 6 heteroatoms. The maximum Gasteiger partial charge on any atom is 0.280 e. The van der Waals surface area contributed by atoms with E-state index >= 15 is 0 Å². The number of hydrogen-bond donors (Lipinski definition) is 3. The minimum Gasteiger partial charge on any atom is -0.506 e. The third kappa shape index (κ3) is 1.97. The summed E-state index contributed by atoms with van der Waals surface area (Å²) in [6, 6.07) is 1.05. The van der Waals surface area contributed by atoms with Crippen LogP contribution in [0.2, 0.25) is 0 Å². The molecule has 1 rings (SSSR count). The Bertz CT molecular complexity index is 331. The number of halogens is 2. The Morgan fingerprint density at radius 2 is 2.14 bits per heavy atom. The predicted octanol–water partition coefficient (Wildman–Crippen LogP) is 0.676. The Labute approximate surface area is 79.0 Å². The van der Waals surface area contributed by atoms with Crippen molar-refractivity contribution < 1.29 is 19.0 Å². The number of nitrogens with two attached hydrogens (primary N) is 1. The molecule has 0 atom stereocenters. The lowest BCUT2D eigenvalue weighted by atomic mass is 10.1. The van der Waals surface area contributed by atoms with Crippen molar-refractivity contribution in [3.05, 3.63) is 23.0 Å². The highest BCUT2D eigenvalue weighted by Gasteiger charge is 2.17. The number of aromatic nitrogens is 1. The van der Waals surface area contributed by atoms with Crippen molar-refractivity contribution in [1.29, 1.82) is 0 Å². The van der Waals surface area contributed by atoms with Crippen LogP contribution in [0.4, 0.5) is 8.78 Å². The summed E-state index contributed by atoms with van der Waals surface area (Å²) in [5.41, 5.74) is 4.55. The average Bonchev–Trinajstić information content (AvgIpc) is 2.16. The molecule has 0 aromatic carbocycles. The van der Waals surface area contributed by atoms with Crippen LogP contribution in [0.15, 0.2) is 6.07 Å². The first kappa shape index (κ1) is 10.8. The molecule has 0 radical (unpaired) electrons. The van der Waals surface area contributed by atoms with Gasteiger partial charge in [-0.25, -0.2) is 13.8 Å². The van der Waals surface area contributed by atoms with Crippen LogP contribution in [0.1, 0.15) is 23.4 Å². The number of nitrogens with zero attached hydrogens (tertiary/aromatic N) is 1. The molecule has 0 amide bonds. The molecule has 14 heavy (non-hydrogen) atoms. The van der Waals surface area contributed by atoms with Crippen LogP contribution in [-0.2, 0) is 13.2 Å². The highest BCUT2D eigenvalue weighted by atomic mass is 19.3. The fraction of sp³-hybridized carbons (Fsp3) is 0.375. The average molecular weight is 204 g/mol. The molecule has 1 aromatic rings. The molecule has 4 nitrogen and oxygen atoms in total. The van der Waals surface area contributed by atoms with E-state index < -0.39 is 18.7 Å². The van der Waals surface area contributed by atoms with Gasteiger partial charge in [0.25, 0.3) is 6.43 Å². The first-order chi connectivity index (χ1) is 6.60. The number of pyridine rings is 1. The zero-order chi connectivity index (χ0) is 10.7. The molecular formula is C8H10F2N2O2. The summed E-state index contributed by atoms with van der Waals surface area (Å²) in [6.45, 7) is -0.720. The molecule has 0 saturated carbocycles. The molecule has 4 N–H and O–H groups in total. The van der Waals surface area contributed by atoms with Gasteiger partial charge in [0.15, 0.2) is 0 Å². The van der Waals surface area contributed by atoms with Gasteiger partial charge in [0.05, 0.1) is 12.3 Å². The maximum atomic E-state index is 12.4. The molecule has 1 heterocycles. The van der Waals surface area contributed by atoms with Crippen LogP contribution < -0.4 is 5.73 Å². The van der Waals surface area contributed by atoms with Gasteiger partial charge in [-0.3, -0.25) is 0 Å². The van der Waals surface area contributed by atoms with Crippen molar-refractivity contribution in [2.45, 2.75) is 19.6 Å². The van der Waals surface area contributed by atoms with Crippen LogP contribution in [0, 0.1) is 0 Å². The summed E-state index contributed by atoms with van der Waals surface area (Å²) in [4.78, 5) is 3.48. The number of hydrogen-bond acceptors (Lipinski definition) is 4. The molecular weight excluding hydrogens is 194 g/mol. The van der Waals surface area contributed by atoms with Gasteiger partial charge in [0.1, 0.15) is 11.4 Å². The van der Waals surface area contributed by atoms with E-state index in [2.05, 4.69) is 4.98 Å². The van der Waals surface area contributed by atoms with E-state index in [1.165, 1.54) is 0 Å². The third-order valence-corrected chi connectivity index (χ3v) is 1.76. The number of aliphatic hydroxyl groups excluding tert-OH is 1. The molecule has 0 unspecified atom stereocenters. The Hall–Kier alpha value is -1.27. The maximum absolute atomic E-state index is 12.4. The lowest BCUT2D eigenvalue weighted by molar-refractivity contribution is 0.141. The summed E-state index contributed by atoms with van der Waals surface area (Å²) in [7, 11) is 0. The quantitative estimate of drug-likeness (QED) is 0.676. The van der Waals surface area contributed by atoms with Crippen molar-refractivity contribution in [3.63, 3.8) is 0 Å². The highest BCUT2D eigenvalue weighted by Crippen LogP contribution is 2.26. The predicted molar refractivity (Wildman–Crippen MR) is 44.7 cm³/mol. The first-order valence-electron chi connectivity index (χ1n) is 3.90. The Balaban J connectivity index is 3.25. The first-order valence-corrected chi connectivity index (χ1v) is 3.90. The zero-order valence-electron chi connectivity index (χ0n) is 7.24. The van der Waals surface area contributed by atoms with Gasteiger partial charge in [-0.2, -0.15) is 0 Å². The van der Waals surface area contributed by atoms with E-state index in [9.17, 15) is 13.9 Å². The van der Waals surface area contributed by atoms with E-state index in [0.29, 0.717) is 0 Å². The Morgan fingerprint density at radius 1 is 1.50 bits per heavy atom. The highest BCUT2D eigenvalue weighted by molar-refractivity contribution is 5.34. The van der Waals surface area contributed by atoms with E-state index in [0.717, 1.165) is 6.07 Å². The molecule has 78 valence electrons. The fourth-order valence-corrected chi connectivity index (χ4v) is 1.06. The zero-order valence-corrected chi connectivity index (χ0v) is 7.24. The van der Waals surface area contributed by atoms with Crippen molar-refractivity contribution in [1.82, 2.24) is 4.98 Å². The van der Waals surface area contributed by atoms with Gasteiger partial charge in [0.2, 0.25) is 0 Å². The van der Waals surface area contributed by atoms with Crippen molar-refractivity contribution >= 4 is 0 Å². The summed E-state index contributed by atoms with van der Waals surface area (Å²) < 4.78 is 24.7. The summed E-state index contributed by atoms with van der Waals surface area (Å²) in [6.07, 6.45) is -2.79. The summed E-state index contributed by atoms with van der Waals surface area (Å²) >= 11 is 0. The molecule has 0 saturated heterocycles. The third-order valence-electron chi connectivity index (χ3n) is 1.76. The molecule has 1 aromatic heterocycles. The molecule has 0 bridgehead atoms. The van der Waals surface area contributed by atoms with E-state index in [1.54, 1.807) is 0 Å². The van der Waals surface area contributed by atoms with Gasteiger partial charge >= 0.3 is 0 Å². The van der Waals surface area contributed by atoms with Gasteiger partial charge in [-0.15, -0.1) is 0 Å². The standard InChI is InChI=1S/C8H10F2N2O2/c9-8(10)7-4(3-13)1-6(14)5(2-11)12-7/h1,8,13-14H,2-3,11H2. The monoisotopic (exact) mass is 204 g/mol. The topological polar surface area (TPSA) is 79.4 Å². The number of aliphatic hydroxyl groups is 1. The minimum atomic E-state index is -2.79. The van der Waals surface area contributed by atoms with E-state index in [1.807, 2.05) is 0 Å². The van der Waals surface area contributed by atoms with Crippen LogP contribution in [-0.4, -0.2) is 15.2 Å². The summed E-state index contributed by atoms with van der Waals surface area (Å²) in [5, 5.41) is 18.0. The molecule has 0 aliphatic rings. The molecule has 0 aliphatic heterocycles. The van der Waals surface area contributed by atoms with Crippen LogP contribution in [0.25, 0.3) is 0 Å². The second-order valence-corrected chi connectivity index (χ2v) is 2.66. The van der Waals surface area contributed by atoms with Gasteiger partial charge in [0, 0.05) is 12.1 Å². The Morgan fingerprint density at radius 3 is 2.57 bits per heavy atom. The fourth-order valence-electron chi connectivity index (χ4n) is 1.06. The van der Waals surface area contributed by atoms with E-state index in [-0.39, 0.29) is 23.6 Å². The number of alkyl halides is 2. The number of aromatic hydroxyl groups is 1. The van der Waals surface area contributed by atoms with Gasteiger partial charge in [-0.1, -0.05) is 0 Å². The van der Waals surface area contributed by atoms with Crippen molar-refractivity contribution in [3.8, 4) is 5.75 Å². The smallest absolute Gasteiger partial charge is 0.280 e. The lowest BCUT2D eigenvalue weighted by Crippen LogP contribution is -2.06. The minimum absolute atomic E-state index is 0.00231. The SMILES string of the molecule is NCc1nc(C(F)F)c(CO)cc1O. The molecule has 0 spiro atoms. The van der Waals surface area contributed by atoms with Crippen LogP contribution in [0.5, 0.6) is 5.75 Å². The van der Waals surface area contributed by atoms with Crippen LogP contribution >= 0.6 is 0 Å².